The van der Waals surface area contributed by atoms with Gasteiger partial charge in [0.15, 0.2) is 17.0 Å². The van der Waals surface area contributed by atoms with Crippen molar-refractivity contribution in [1.82, 2.24) is 19.5 Å². The van der Waals surface area contributed by atoms with Gasteiger partial charge in [0, 0.05) is 0 Å². The molecule has 1 aliphatic rings. The Labute approximate surface area is 223 Å². The highest BCUT2D eigenvalue weighted by molar-refractivity contribution is 6.33. The molecule has 4 atom stereocenters. The third-order valence-electron chi connectivity index (χ3n) is 6.04. The van der Waals surface area contributed by atoms with E-state index in [2.05, 4.69) is 15.0 Å². The zero-order valence-electron chi connectivity index (χ0n) is 19.8. The van der Waals surface area contributed by atoms with Gasteiger partial charge < -0.3 is 19.9 Å². The van der Waals surface area contributed by atoms with Gasteiger partial charge in [-0.3, -0.25) is 4.57 Å². The van der Waals surface area contributed by atoms with Crippen molar-refractivity contribution in [3.05, 3.63) is 83.3 Å². The summed E-state index contributed by atoms with van der Waals surface area (Å²) in [7, 11) is 0. The van der Waals surface area contributed by atoms with Gasteiger partial charge in [-0.1, -0.05) is 48.0 Å². The number of nitrogens with two attached hydrogens (primary N) is 1. The number of hydrogen-bond donors (Lipinski definition) is 1. The Hall–Kier alpha value is -4.23. The number of anilines is 1. The zero-order valence-corrected chi connectivity index (χ0v) is 20.5. The Morgan fingerprint density at radius 3 is 2.23 bits per heavy atom. The number of nitrogens with zero attached hydrogens (tertiary/aromatic N) is 4. The number of carbonyl (C=O) groups excluding carboxylic acids is 2. The minimum Gasteiger partial charge on any atom is -0.459 e. The van der Waals surface area contributed by atoms with E-state index in [-0.39, 0.29) is 33.4 Å². The standard InChI is InChI=1S/C25H19ClF3N5O5/c26-19-17-20(33-24(30)32-19)31-12-34(17)21-16(25(27,28)29)18(39-23(36)14-9-5-2-6-10-14)15(38-21)11-37-22(35)13-7-3-1-4-8-13/h1-10,12,15-16,18,21H,11H2,(H2,30,32,33)/t15-,16-,18-,21-/m1/s1. The minimum absolute atomic E-state index is 0.0295. The summed E-state index contributed by atoms with van der Waals surface area (Å²) in [5.74, 6) is -4.43. The molecular weight excluding hydrogens is 543 g/mol. The van der Waals surface area contributed by atoms with Crippen LogP contribution in [0.4, 0.5) is 19.1 Å². The average Bonchev–Trinajstić information content (AvgIpc) is 3.49. The molecule has 10 nitrogen and oxygen atoms in total. The Morgan fingerprint density at radius 1 is 1.00 bits per heavy atom. The Bertz CT molecular complexity index is 1500. The smallest absolute Gasteiger partial charge is 0.399 e. The van der Waals surface area contributed by atoms with Crippen LogP contribution in [0.5, 0.6) is 0 Å². The van der Waals surface area contributed by atoms with Crippen LogP contribution in [0, 0.1) is 5.92 Å². The molecule has 2 aromatic heterocycles. The number of benzene rings is 2. The number of alkyl halides is 3. The van der Waals surface area contributed by atoms with Crippen molar-refractivity contribution < 1.29 is 37.0 Å². The SMILES string of the molecule is Nc1nc(Cl)c2c(ncn2[C@@H]2O[C@H](COC(=O)c3ccccc3)[C@@H](OC(=O)c3ccccc3)[C@H]2C(F)(F)F)n1. The summed E-state index contributed by atoms with van der Waals surface area (Å²) >= 11 is 6.17. The summed E-state index contributed by atoms with van der Waals surface area (Å²) < 4.78 is 61.3. The molecule has 0 saturated carbocycles. The summed E-state index contributed by atoms with van der Waals surface area (Å²) in [6.45, 7) is -0.645. The maximum atomic E-state index is 14.6. The van der Waals surface area contributed by atoms with E-state index in [1.54, 1.807) is 24.3 Å². The van der Waals surface area contributed by atoms with Crippen molar-refractivity contribution in [2.24, 2.45) is 5.92 Å². The van der Waals surface area contributed by atoms with Crippen LogP contribution in [0.2, 0.25) is 5.15 Å². The number of rotatable bonds is 6. The van der Waals surface area contributed by atoms with Gasteiger partial charge in [0.1, 0.15) is 30.2 Å². The molecule has 0 amide bonds. The number of carbonyl (C=O) groups is 2. The molecular formula is C25H19ClF3N5O5. The van der Waals surface area contributed by atoms with Crippen LogP contribution in [0.25, 0.3) is 11.2 Å². The van der Waals surface area contributed by atoms with Crippen molar-refractivity contribution in [3.63, 3.8) is 0 Å². The lowest BCUT2D eigenvalue weighted by Crippen LogP contribution is -2.42. The minimum atomic E-state index is -4.94. The largest absolute Gasteiger partial charge is 0.459 e. The molecule has 0 unspecified atom stereocenters. The first-order valence-corrected chi connectivity index (χ1v) is 11.9. The second-order valence-corrected chi connectivity index (χ2v) is 8.89. The number of aromatic nitrogens is 4. The first-order valence-electron chi connectivity index (χ1n) is 11.5. The first-order chi connectivity index (χ1) is 18.6. The maximum absolute atomic E-state index is 14.6. The van der Waals surface area contributed by atoms with E-state index in [1.165, 1.54) is 36.4 Å². The number of esters is 2. The van der Waals surface area contributed by atoms with Gasteiger partial charge in [0.05, 0.1) is 17.5 Å². The fourth-order valence-corrected chi connectivity index (χ4v) is 4.57. The molecule has 1 saturated heterocycles. The molecule has 1 fully saturated rings. The third kappa shape index (κ3) is 5.36. The van der Waals surface area contributed by atoms with Crippen molar-refractivity contribution >= 4 is 40.7 Å². The summed E-state index contributed by atoms with van der Waals surface area (Å²) in [5.41, 5.74) is 5.66. The molecule has 39 heavy (non-hydrogen) atoms. The van der Waals surface area contributed by atoms with Gasteiger partial charge in [-0.2, -0.15) is 23.1 Å². The summed E-state index contributed by atoms with van der Waals surface area (Å²) in [4.78, 5) is 37.0. The van der Waals surface area contributed by atoms with Gasteiger partial charge in [0.2, 0.25) is 5.95 Å². The summed E-state index contributed by atoms with van der Waals surface area (Å²) in [6.07, 6.45) is -9.14. The van der Waals surface area contributed by atoms with Crippen LogP contribution in [-0.4, -0.2) is 56.4 Å². The molecule has 202 valence electrons. The van der Waals surface area contributed by atoms with E-state index in [9.17, 15) is 22.8 Å². The van der Waals surface area contributed by atoms with Crippen LogP contribution in [0.15, 0.2) is 67.0 Å². The molecule has 0 spiro atoms. The number of imidazole rings is 1. The van der Waals surface area contributed by atoms with Crippen LogP contribution in [-0.2, 0) is 14.2 Å². The molecule has 0 radical (unpaired) electrons. The molecule has 14 heteroatoms. The maximum Gasteiger partial charge on any atom is 0.399 e. The number of halogens is 4. The lowest BCUT2D eigenvalue weighted by molar-refractivity contribution is -0.210. The van der Waals surface area contributed by atoms with E-state index < -0.39 is 49.1 Å². The van der Waals surface area contributed by atoms with Crippen molar-refractivity contribution in [1.29, 1.82) is 0 Å². The quantitative estimate of drug-likeness (QED) is 0.271. The fraction of sp³-hybridized carbons (Fsp3) is 0.240. The highest BCUT2D eigenvalue weighted by Gasteiger charge is 2.61. The fourth-order valence-electron chi connectivity index (χ4n) is 4.30. The molecule has 0 bridgehead atoms. The van der Waals surface area contributed by atoms with Gasteiger partial charge in [-0.25, -0.2) is 14.6 Å². The van der Waals surface area contributed by atoms with Gasteiger partial charge >= 0.3 is 18.1 Å². The third-order valence-corrected chi connectivity index (χ3v) is 6.30. The van der Waals surface area contributed by atoms with Crippen LogP contribution in [0.1, 0.15) is 26.9 Å². The van der Waals surface area contributed by atoms with Crippen LogP contribution < -0.4 is 5.73 Å². The highest BCUT2D eigenvalue weighted by atomic mass is 35.5. The van der Waals surface area contributed by atoms with E-state index in [4.69, 9.17) is 31.5 Å². The molecule has 0 aliphatic carbocycles. The van der Waals surface area contributed by atoms with Gasteiger partial charge in [0.25, 0.3) is 0 Å². The van der Waals surface area contributed by atoms with E-state index in [0.717, 1.165) is 10.9 Å². The second-order valence-electron chi connectivity index (χ2n) is 8.53. The zero-order chi connectivity index (χ0) is 27.7. The lowest BCUT2D eigenvalue weighted by Gasteiger charge is -2.26. The highest BCUT2D eigenvalue weighted by Crippen LogP contribution is 2.47. The second kappa shape index (κ2) is 10.5. The molecule has 1 aliphatic heterocycles. The lowest BCUT2D eigenvalue weighted by atomic mass is 9.98. The first kappa shape index (κ1) is 26.4. The van der Waals surface area contributed by atoms with E-state index >= 15 is 0 Å². The molecule has 2 aromatic carbocycles. The molecule has 4 aromatic rings. The topological polar surface area (TPSA) is 131 Å². The van der Waals surface area contributed by atoms with Crippen LogP contribution in [0.3, 0.4) is 0 Å². The van der Waals surface area contributed by atoms with Gasteiger partial charge in [-0.15, -0.1) is 0 Å². The van der Waals surface area contributed by atoms with Crippen molar-refractivity contribution in [2.45, 2.75) is 24.6 Å². The Kier molecular flexibility index (Phi) is 7.10. The predicted octanol–water partition coefficient (Wildman–Crippen LogP) is 4.22. The normalized spacial score (nSPS) is 21.1. The van der Waals surface area contributed by atoms with Crippen molar-refractivity contribution in [3.8, 4) is 0 Å². The van der Waals surface area contributed by atoms with Gasteiger partial charge in [-0.05, 0) is 24.3 Å². The van der Waals surface area contributed by atoms with Crippen molar-refractivity contribution in [2.75, 3.05) is 12.3 Å². The average molecular weight is 562 g/mol. The number of hydrogen-bond acceptors (Lipinski definition) is 9. The predicted molar refractivity (Wildman–Crippen MR) is 131 cm³/mol. The molecule has 3 heterocycles. The summed E-state index contributed by atoms with van der Waals surface area (Å²) in [5, 5.41) is -0.253. The summed E-state index contributed by atoms with van der Waals surface area (Å²) in [6, 6.07) is 15.4. The molecule has 2 N–H and O–H groups in total. The van der Waals surface area contributed by atoms with E-state index in [0.29, 0.717) is 0 Å². The number of fused-ring (bicyclic) bond motifs is 1. The monoisotopic (exact) mass is 561 g/mol. The number of ether oxygens (including phenoxy) is 3. The Balaban J connectivity index is 1.52. The van der Waals surface area contributed by atoms with Crippen LogP contribution >= 0.6 is 11.6 Å². The molecule has 5 rings (SSSR count). The number of nitrogen functional groups attached to an aromatic ring is 1. The van der Waals surface area contributed by atoms with E-state index in [1.807, 2.05) is 0 Å². The Morgan fingerprint density at radius 2 is 1.62 bits per heavy atom.